The number of phenolic OH excluding ortho intramolecular Hbond substituents is 1. The first-order valence-electron chi connectivity index (χ1n) is 9.37. The van der Waals surface area contributed by atoms with Crippen LogP contribution >= 0.6 is 0 Å². The average Bonchev–Trinajstić information content (AvgIpc) is 3.20. The summed E-state index contributed by atoms with van der Waals surface area (Å²) < 4.78 is 26.5. The third kappa shape index (κ3) is 4.92. The van der Waals surface area contributed by atoms with Crippen LogP contribution in [0.2, 0.25) is 0 Å². The smallest absolute Gasteiger partial charge is 0.330 e. The lowest BCUT2D eigenvalue weighted by Gasteiger charge is -2.19. The van der Waals surface area contributed by atoms with Gasteiger partial charge < -0.3 is 33.6 Å². The van der Waals surface area contributed by atoms with Crippen molar-refractivity contribution in [2.45, 2.75) is 12.5 Å². The zero-order valence-corrected chi connectivity index (χ0v) is 17.7. The van der Waals surface area contributed by atoms with Gasteiger partial charge in [-0.3, -0.25) is 0 Å². The van der Waals surface area contributed by atoms with E-state index in [4.69, 9.17) is 23.4 Å². The molecule has 0 bridgehead atoms. The predicted octanol–water partition coefficient (Wildman–Crippen LogP) is 3.63. The van der Waals surface area contributed by atoms with Crippen LogP contribution in [0.25, 0.3) is 17.0 Å². The molecule has 3 rings (SSSR count). The molecule has 8 nitrogen and oxygen atoms in total. The zero-order chi connectivity index (χ0) is 22.6. The second-order valence-electron chi connectivity index (χ2n) is 7.00. The molecule has 0 aliphatic carbocycles. The van der Waals surface area contributed by atoms with E-state index in [9.17, 15) is 15.0 Å². The summed E-state index contributed by atoms with van der Waals surface area (Å²) in [6, 6.07) is 9.71. The highest BCUT2D eigenvalue weighted by atomic mass is 16.5. The van der Waals surface area contributed by atoms with Crippen LogP contribution in [-0.4, -0.2) is 44.1 Å². The van der Waals surface area contributed by atoms with Crippen LogP contribution in [0, 0.1) is 0 Å². The van der Waals surface area contributed by atoms with E-state index in [1.165, 1.54) is 46.5 Å². The third-order valence-electron chi connectivity index (χ3n) is 4.66. The molecule has 0 aliphatic rings. The highest BCUT2D eigenvalue weighted by Crippen LogP contribution is 2.36. The highest BCUT2D eigenvalue weighted by Gasteiger charge is 2.29. The first-order chi connectivity index (χ1) is 14.8. The number of benzene rings is 2. The quantitative estimate of drug-likeness (QED) is 0.414. The molecule has 0 fully saturated rings. The summed E-state index contributed by atoms with van der Waals surface area (Å²) in [7, 11) is 4.48. The monoisotopic (exact) mass is 428 g/mol. The molecule has 2 aromatic carbocycles. The van der Waals surface area contributed by atoms with Crippen LogP contribution in [0.4, 0.5) is 0 Å². The Bertz CT molecular complexity index is 1070. The summed E-state index contributed by atoms with van der Waals surface area (Å²) in [5, 5.41) is 21.1. The summed E-state index contributed by atoms with van der Waals surface area (Å²) in [6.45, 7) is 1.17. The van der Waals surface area contributed by atoms with E-state index in [0.29, 0.717) is 28.0 Å². The normalized spacial score (nSPS) is 13.2. The number of esters is 1. The molecule has 0 spiro atoms. The largest absolute Gasteiger partial charge is 0.504 e. The minimum absolute atomic E-state index is 0.000603. The second-order valence-corrected chi connectivity index (χ2v) is 7.00. The summed E-state index contributed by atoms with van der Waals surface area (Å²) in [4.78, 5) is 12.1. The molecule has 0 saturated carbocycles. The van der Waals surface area contributed by atoms with Crippen molar-refractivity contribution in [3.05, 3.63) is 53.8 Å². The van der Waals surface area contributed by atoms with Gasteiger partial charge in [0.25, 0.3) is 0 Å². The fourth-order valence-corrected chi connectivity index (χ4v) is 2.92. The van der Waals surface area contributed by atoms with E-state index in [2.05, 4.69) is 0 Å². The molecule has 0 aliphatic heterocycles. The number of methoxy groups -OCH3 is 3. The lowest BCUT2D eigenvalue weighted by Crippen LogP contribution is -2.28. The van der Waals surface area contributed by atoms with Gasteiger partial charge in [-0.2, -0.15) is 0 Å². The first-order valence-corrected chi connectivity index (χ1v) is 9.37. The number of carbonyl (C=O) groups is 1. The van der Waals surface area contributed by atoms with Gasteiger partial charge in [-0.15, -0.1) is 0 Å². The lowest BCUT2D eigenvalue weighted by molar-refractivity contribution is -0.146. The fraction of sp³-hybridized carbons (Fsp3) is 0.261. The van der Waals surface area contributed by atoms with Gasteiger partial charge in [-0.25, -0.2) is 4.79 Å². The number of rotatable bonds is 8. The van der Waals surface area contributed by atoms with Crippen molar-refractivity contribution in [1.82, 2.24) is 0 Å². The van der Waals surface area contributed by atoms with Crippen LogP contribution in [0.5, 0.6) is 23.0 Å². The Hall–Kier alpha value is -3.65. The van der Waals surface area contributed by atoms with Crippen molar-refractivity contribution in [3.63, 3.8) is 0 Å². The number of carbonyl (C=O) groups excluding carboxylic acids is 1. The standard InChI is InChI=1S/C23H24O8/c1-23(26,21-11-15-10-19(28-3)20(29-4)12-17(15)31-21)13-30-22(25)8-6-14-5-7-16(24)18(9-14)27-2/h5-12,24,26H,13H2,1-4H3/t23-/m0/s1. The SMILES string of the molecule is COc1cc(C=CC(=O)OC[C@](C)(O)c2cc3cc(OC)c(OC)cc3o2)ccc1O. The molecule has 1 atom stereocenters. The summed E-state index contributed by atoms with van der Waals surface area (Å²) in [5.41, 5.74) is -0.413. The molecular weight excluding hydrogens is 404 g/mol. The third-order valence-corrected chi connectivity index (χ3v) is 4.66. The first kappa shape index (κ1) is 22.0. The van der Waals surface area contributed by atoms with Crippen LogP contribution in [0.3, 0.4) is 0 Å². The Morgan fingerprint density at radius 3 is 2.39 bits per heavy atom. The van der Waals surface area contributed by atoms with Crippen molar-refractivity contribution in [2.24, 2.45) is 0 Å². The topological polar surface area (TPSA) is 108 Å². The predicted molar refractivity (Wildman–Crippen MR) is 114 cm³/mol. The molecule has 2 N–H and O–H groups in total. The van der Waals surface area contributed by atoms with Gasteiger partial charge in [-0.1, -0.05) is 6.07 Å². The molecule has 1 heterocycles. The second kappa shape index (κ2) is 9.01. The van der Waals surface area contributed by atoms with Crippen molar-refractivity contribution in [2.75, 3.05) is 27.9 Å². The molecule has 0 saturated heterocycles. The van der Waals surface area contributed by atoms with Gasteiger partial charge in [0.2, 0.25) is 0 Å². The van der Waals surface area contributed by atoms with Crippen LogP contribution in [-0.2, 0) is 15.1 Å². The van der Waals surface area contributed by atoms with Gasteiger partial charge in [0, 0.05) is 17.5 Å². The van der Waals surface area contributed by atoms with Crippen molar-refractivity contribution < 1.29 is 38.4 Å². The van der Waals surface area contributed by atoms with E-state index in [0.717, 1.165) is 0 Å². The summed E-state index contributed by atoms with van der Waals surface area (Å²) >= 11 is 0. The Kier molecular flexibility index (Phi) is 6.41. The van der Waals surface area contributed by atoms with E-state index in [-0.39, 0.29) is 23.9 Å². The van der Waals surface area contributed by atoms with E-state index >= 15 is 0 Å². The molecule has 164 valence electrons. The minimum atomic E-state index is -1.55. The molecule has 31 heavy (non-hydrogen) atoms. The number of hydrogen-bond donors (Lipinski definition) is 2. The molecule has 3 aromatic rings. The molecule has 1 aromatic heterocycles. The average molecular weight is 428 g/mol. The van der Waals surface area contributed by atoms with Crippen LogP contribution in [0.1, 0.15) is 18.2 Å². The zero-order valence-electron chi connectivity index (χ0n) is 17.7. The Labute approximate surface area is 179 Å². The van der Waals surface area contributed by atoms with E-state index in [1.807, 2.05) is 0 Å². The number of hydrogen-bond acceptors (Lipinski definition) is 8. The van der Waals surface area contributed by atoms with E-state index < -0.39 is 11.6 Å². The van der Waals surface area contributed by atoms with Crippen molar-refractivity contribution >= 4 is 23.0 Å². The maximum Gasteiger partial charge on any atom is 0.330 e. The molecular formula is C23H24O8. The molecule has 0 amide bonds. The number of aromatic hydroxyl groups is 1. The Morgan fingerprint density at radius 1 is 1.03 bits per heavy atom. The van der Waals surface area contributed by atoms with Gasteiger partial charge in [0.1, 0.15) is 18.0 Å². The maximum atomic E-state index is 12.1. The minimum Gasteiger partial charge on any atom is -0.504 e. The molecule has 8 heteroatoms. The number of fused-ring (bicyclic) bond motifs is 1. The fourth-order valence-electron chi connectivity index (χ4n) is 2.92. The highest BCUT2D eigenvalue weighted by molar-refractivity contribution is 5.87. The number of phenols is 1. The van der Waals surface area contributed by atoms with Crippen molar-refractivity contribution in [3.8, 4) is 23.0 Å². The Morgan fingerprint density at radius 2 is 1.71 bits per heavy atom. The van der Waals surface area contributed by atoms with Gasteiger partial charge in [0.15, 0.2) is 28.6 Å². The van der Waals surface area contributed by atoms with Gasteiger partial charge >= 0.3 is 5.97 Å². The number of aliphatic hydroxyl groups is 1. The number of furan rings is 1. The Balaban J connectivity index is 1.69. The van der Waals surface area contributed by atoms with E-state index in [1.54, 1.807) is 30.3 Å². The molecule has 0 radical (unpaired) electrons. The van der Waals surface area contributed by atoms with Crippen LogP contribution in [0.15, 0.2) is 46.9 Å². The van der Waals surface area contributed by atoms with Crippen molar-refractivity contribution in [1.29, 1.82) is 0 Å². The lowest BCUT2D eigenvalue weighted by atomic mass is 10.0. The summed E-state index contributed by atoms with van der Waals surface area (Å²) in [6.07, 6.45) is 2.73. The molecule has 0 unspecified atom stereocenters. The van der Waals surface area contributed by atoms with Crippen LogP contribution < -0.4 is 14.2 Å². The van der Waals surface area contributed by atoms with Gasteiger partial charge in [-0.05, 0) is 42.8 Å². The maximum absolute atomic E-state index is 12.1. The number of ether oxygens (including phenoxy) is 4. The summed E-state index contributed by atoms with van der Waals surface area (Å²) in [5.74, 6) is 0.906. The van der Waals surface area contributed by atoms with Gasteiger partial charge in [0.05, 0.1) is 21.3 Å².